The van der Waals surface area contributed by atoms with Crippen molar-refractivity contribution in [2.75, 3.05) is 4.90 Å². The summed E-state index contributed by atoms with van der Waals surface area (Å²) in [5.74, 6) is -0.351. The van der Waals surface area contributed by atoms with Gasteiger partial charge < -0.3 is 9.52 Å². The number of fused-ring (bicyclic) bond motifs is 2. The number of thiazole rings is 1. The first kappa shape index (κ1) is 15.8. The fourth-order valence-electron chi connectivity index (χ4n) is 3.46. The van der Waals surface area contributed by atoms with Gasteiger partial charge in [-0.1, -0.05) is 24.3 Å². The van der Waals surface area contributed by atoms with Gasteiger partial charge in [0.05, 0.1) is 17.0 Å². The smallest absolute Gasteiger partial charge is 0.297 e. The minimum Gasteiger partial charge on any atom is -0.508 e. The average Bonchev–Trinajstić information content (AvgIpc) is 3.29. The Bertz CT molecular complexity index is 1250. The van der Waals surface area contributed by atoms with Crippen molar-refractivity contribution in [2.24, 2.45) is 0 Å². The van der Waals surface area contributed by atoms with Crippen molar-refractivity contribution >= 4 is 33.3 Å². The zero-order valence-electron chi connectivity index (χ0n) is 13.8. The number of para-hydroxylation sites is 1. The molecule has 0 saturated heterocycles. The summed E-state index contributed by atoms with van der Waals surface area (Å²) in [5, 5.41) is 12.6. The van der Waals surface area contributed by atoms with Crippen LogP contribution in [0.3, 0.4) is 0 Å². The van der Waals surface area contributed by atoms with E-state index >= 15 is 0 Å². The van der Waals surface area contributed by atoms with E-state index in [0.29, 0.717) is 21.7 Å². The van der Waals surface area contributed by atoms with Gasteiger partial charge >= 0.3 is 0 Å². The maximum Gasteiger partial charge on any atom is 0.297 e. The lowest BCUT2D eigenvalue weighted by Gasteiger charge is -2.22. The van der Waals surface area contributed by atoms with Crippen LogP contribution in [0.15, 0.2) is 69.3 Å². The Balaban J connectivity index is 1.85. The van der Waals surface area contributed by atoms with E-state index in [1.54, 1.807) is 54.0 Å². The maximum absolute atomic E-state index is 13.2. The predicted octanol–water partition coefficient (Wildman–Crippen LogP) is 3.70. The molecule has 1 N–H and O–H groups in total. The summed E-state index contributed by atoms with van der Waals surface area (Å²) < 4.78 is 5.83. The van der Waals surface area contributed by atoms with Crippen molar-refractivity contribution in [1.29, 1.82) is 0 Å². The molecule has 0 radical (unpaired) electrons. The minimum atomic E-state index is -0.716. The monoisotopic (exact) mass is 376 g/mol. The number of carbonyl (C=O) groups excluding carboxylic acids is 1. The summed E-state index contributed by atoms with van der Waals surface area (Å²) in [6, 6.07) is 12.7. The first-order chi connectivity index (χ1) is 13.1. The average molecular weight is 376 g/mol. The molecule has 5 rings (SSSR count). The standard InChI is InChI=1S/C20H12N2O4S/c23-12-5-3-4-11(10-12)16-15-17(24)13-6-1-2-7-14(13)26-18(15)19(25)22(16)20-21-8-9-27-20/h1-10,16,23H/t16-/m0/s1. The number of hydrogen-bond donors (Lipinski definition) is 1. The van der Waals surface area contributed by atoms with Gasteiger partial charge in [-0.05, 0) is 29.8 Å². The molecule has 0 unspecified atom stereocenters. The Morgan fingerprint density at radius 3 is 2.74 bits per heavy atom. The van der Waals surface area contributed by atoms with Crippen LogP contribution >= 0.6 is 11.3 Å². The summed E-state index contributed by atoms with van der Waals surface area (Å²) in [6.45, 7) is 0. The number of anilines is 1. The molecule has 0 spiro atoms. The minimum absolute atomic E-state index is 0.0160. The number of benzene rings is 2. The van der Waals surface area contributed by atoms with E-state index < -0.39 is 11.9 Å². The Kier molecular flexibility index (Phi) is 3.38. The molecular weight excluding hydrogens is 364 g/mol. The normalized spacial score (nSPS) is 16.1. The Labute approximate surface area is 156 Å². The lowest BCUT2D eigenvalue weighted by atomic mass is 9.98. The zero-order chi connectivity index (χ0) is 18.5. The highest BCUT2D eigenvalue weighted by Crippen LogP contribution is 2.42. The molecule has 1 amide bonds. The van der Waals surface area contributed by atoms with Gasteiger partial charge in [-0.3, -0.25) is 14.5 Å². The van der Waals surface area contributed by atoms with Gasteiger partial charge in [0.1, 0.15) is 11.3 Å². The molecule has 3 heterocycles. The maximum atomic E-state index is 13.2. The fourth-order valence-corrected chi connectivity index (χ4v) is 4.13. The third-order valence-corrected chi connectivity index (χ3v) is 5.36. The van der Waals surface area contributed by atoms with Crippen LogP contribution in [-0.2, 0) is 0 Å². The van der Waals surface area contributed by atoms with Crippen LogP contribution in [0.2, 0.25) is 0 Å². The number of rotatable bonds is 2. The van der Waals surface area contributed by atoms with Crippen LogP contribution in [0.5, 0.6) is 5.75 Å². The van der Waals surface area contributed by atoms with Crippen LogP contribution in [0.25, 0.3) is 11.0 Å². The molecule has 2 aromatic heterocycles. The van der Waals surface area contributed by atoms with E-state index in [0.717, 1.165) is 0 Å². The third-order valence-electron chi connectivity index (χ3n) is 4.59. The predicted molar refractivity (Wildman–Crippen MR) is 101 cm³/mol. The van der Waals surface area contributed by atoms with Crippen molar-refractivity contribution in [3.63, 3.8) is 0 Å². The van der Waals surface area contributed by atoms with E-state index in [1.807, 2.05) is 0 Å². The van der Waals surface area contributed by atoms with Crippen LogP contribution in [-0.4, -0.2) is 16.0 Å². The quantitative estimate of drug-likeness (QED) is 0.577. The van der Waals surface area contributed by atoms with Crippen molar-refractivity contribution in [3.05, 3.63) is 87.2 Å². The third kappa shape index (κ3) is 2.29. The Morgan fingerprint density at radius 1 is 1.11 bits per heavy atom. The van der Waals surface area contributed by atoms with Crippen LogP contribution in [0.4, 0.5) is 5.13 Å². The largest absolute Gasteiger partial charge is 0.508 e. The lowest BCUT2D eigenvalue weighted by molar-refractivity contribution is 0.0971. The number of carbonyl (C=O) groups is 1. The first-order valence-corrected chi connectivity index (χ1v) is 9.11. The molecule has 1 aliphatic heterocycles. The molecular formula is C20H12N2O4S. The summed E-state index contributed by atoms with van der Waals surface area (Å²) >= 11 is 1.30. The molecule has 2 aromatic carbocycles. The van der Waals surface area contributed by atoms with Gasteiger partial charge in [-0.25, -0.2) is 4.98 Å². The van der Waals surface area contributed by atoms with Crippen LogP contribution in [0, 0.1) is 0 Å². The second kappa shape index (κ2) is 5.78. The molecule has 27 heavy (non-hydrogen) atoms. The van der Waals surface area contributed by atoms with Crippen molar-refractivity contribution in [3.8, 4) is 5.75 Å². The summed E-state index contributed by atoms with van der Waals surface area (Å²) in [4.78, 5) is 32.1. The summed E-state index contributed by atoms with van der Waals surface area (Å²) in [5.41, 5.74) is 0.984. The van der Waals surface area contributed by atoms with Crippen molar-refractivity contribution < 1.29 is 14.3 Å². The molecule has 0 fully saturated rings. The van der Waals surface area contributed by atoms with E-state index in [2.05, 4.69) is 4.98 Å². The number of phenolic OH excluding ortho intramolecular Hbond substituents is 1. The second-order valence-corrected chi connectivity index (χ2v) is 7.03. The zero-order valence-corrected chi connectivity index (χ0v) is 14.6. The van der Waals surface area contributed by atoms with Gasteiger partial charge in [-0.2, -0.15) is 0 Å². The van der Waals surface area contributed by atoms with Gasteiger partial charge in [0, 0.05) is 11.6 Å². The summed E-state index contributed by atoms with van der Waals surface area (Å²) in [6.07, 6.45) is 1.60. The van der Waals surface area contributed by atoms with Crippen LogP contribution < -0.4 is 10.3 Å². The highest BCUT2D eigenvalue weighted by Gasteiger charge is 2.44. The highest BCUT2D eigenvalue weighted by molar-refractivity contribution is 7.13. The van der Waals surface area contributed by atoms with Crippen LogP contribution in [0.1, 0.15) is 27.7 Å². The molecule has 6 nitrogen and oxygen atoms in total. The number of nitrogens with zero attached hydrogens (tertiary/aromatic N) is 2. The topological polar surface area (TPSA) is 83.6 Å². The van der Waals surface area contributed by atoms with E-state index in [1.165, 1.54) is 22.3 Å². The van der Waals surface area contributed by atoms with Gasteiger partial charge in [0.2, 0.25) is 5.76 Å². The highest BCUT2D eigenvalue weighted by atomic mass is 32.1. The van der Waals surface area contributed by atoms with Gasteiger partial charge in [-0.15, -0.1) is 11.3 Å². The number of aromatic nitrogens is 1. The van der Waals surface area contributed by atoms with Gasteiger partial charge in [0.15, 0.2) is 10.6 Å². The second-order valence-electron chi connectivity index (χ2n) is 6.16. The molecule has 7 heteroatoms. The van der Waals surface area contributed by atoms with E-state index in [-0.39, 0.29) is 22.5 Å². The first-order valence-electron chi connectivity index (χ1n) is 8.23. The van der Waals surface area contributed by atoms with Crippen molar-refractivity contribution in [2.45, 2.75) is 6.04 Å². The summed E-state index contributed by atoms with van der Waals surface area (Å²) in [7, 11) is 0. The molecule has 0 saturated carbocycles. The Morgan fingerprint density at radius 2 is 1.96 bits per heavy atom. The molecule has 0 bridgehead atoms. The van der Waals surface area contributed by atoms with E-state index in [4.69, 9.17) is 4.42 Å². The number of aromatic hydroxyl groups is 1. The van der Waals surface area contributed by atoms with Crippen molar-refractivity contribution in [1.82, 2.24) is 4.98 Å². The lowest BCUT2D eigenvalue weighted by Crippen LogP contribution is -2.29. The molecule has 1 aliphatic rings. The van der Waals surface area contributed by atoms with E-state index in [9.17, 15) is 14.7 Å². The SMILES string of the molecule is O=C1c2oc3ccccc3c(=O)c2[C@H](c2cccc(O)c2)N1c1nccs1. The molecule has 4 aromatic rings. The molecule has 0 aliphatic carbocycles. The number of amides is 1. The van der Waals surface area contributed by atoms with Gasteiger partial charge in [0.25, 0.3) is 5.91 Å². The number of hydrogen-bond acceptors (Lipinski definition) is 6. The Hall–Kier alpha value is -3.45. The molecule has 132 valence electrons. The number of phenols is 1. The fraction of sp³-hybridized carbons (Fsp3) is 0.0500. The molecule has 1 atom stereocenters.